The average molecular weight is 448 g/mol. The number of imide groups is 1. The smallest absolute Gasteiger partial charge is 0.261 e. The third kappa shape index (κ3) is 5.10. The Hall–Kier alpha value is -3.21. The minimum absolute atomic E-state index is 0.241. The standard InChI is InChI=1S/C24H21N3O2S2/c1-4-5-6-21-16(2)23(28)27(24(21)29)12-11-19-15-31-22(26-19)18(14-25)13-17-7-9-20(30-3)10-8-17/h4-10,13,15H,1,11-12H2,2-3H3/b6-5-,18-13-. The Morgan fingerprint density at radius 2 is 2.03 bits per heavy atom. The van der Waals surface area contributed by atoms with Gasteiger partial charge < -0.3 is 0 Å². The first-order valence-corrected chi connectivity index (χ1v) is 11.7. The number of carbonyl (C=O) groups is 2. The average Bonchev–Trinajstić information content (AvgIpc) is 3.33. The molecule has 0 atom stereocenters. The lowest BCUT2D eigenvalue weighted by Crippen LogP contribution is -2.33. The van der Waals surface area contributed by atoms with Crippen molar-refractivity contribution in [2.75, 3.05) is 12.8 Å². The Morgan fingerprint density at radius 1 is 1.29 bits per heavy atom. The summed E-state index contributed by atoms with van der Waals surface area (Å²) in [5, 5.41) is 12.1. The normalized spacial score (nSPS) is 14.6. The van der Waals surface area contributed by atoms with Gasteiger partial charge in [0.1, 0.15) is 11.1 Å². The van der Waals surface area contributed by atoms with E-state index in [-0.39, 0.29) is 18.4 Å². The van der Waals surface area contributed by atoms with Crippen molar-refractivity contribution in [1.29, 1.82) is 5.26 Å². The Bertz CT molecular complexity index is 1150. The van der Waals surface area contributed by atoms with Crippen molar-refractivity contribution < 1.29 is 9.59 Å². The minimum Gasteiger partial charge on any atom is -0.274 e. The van der Waals surface area contributed by atoms with Gasteiger partial charge in [-0.15, -0.1) is 23.1 Å². The molecule has 0 aliphatic carbocycles. The lowest BCUT2D eigenvalue weighted by atomic mass is 10.1. The molecule has 0 unspecified atom stereocenters. The number of thioether (sulfide) groups is 1. The fourth-order valence-electron chi connectivity index (χ4n) is 3.06. The Morgan fingerprint density at radius 3 is 2.68 bits per heavy atom. The molecule has 3 rings (SSSR count). The van der Waals surface area contributed by atoms with Crippen molar-refractivity contribution in [1.82, 2.24) is 9.88 Å². The summed E-state index contributed by atoms with van der Waals surface area (Å²) < 4.78 is 0. The quantitative estimate of drug-likeness (QED) is 0.249. The van der Waals surface area contributed by atoms with Crippen LogP contribution in [-0.2, 0) is 16.0 Å². The van der Waals surface area contributed by atoms with E-state index in [0.717, 1.165) is 16.2 Å². The van der Waals surface area contributed by atoms with Gasteiger partial charge in [0.15, 0.2) is 0 Å². The van der Waals surface area contributed by atoms with Gasteiger partial charge in [-0.1, -0.05) is 30.9 Å². The summed E-state index contributed by atoms with van der Waals surface area (Å²) in [4.78, 5) is 31.9. The number of nitrogens with zero attached hydrogens (tertiary/aromatic N) is 3. The molecule has 0 bridgehead atoms. The maximum atomic E-state index is 12.6. The van der Waals surface area contributed by atoms with Crippen molar-refractivity contribution in [3.8, 4) is 6.07 Å². The lowest BCUT2D eigenvalue weighted by Gasteiger charge is -2.13. The minimum atomic E-state index is -0.303. The van der Waals surface area contributed by atoms with Gasteiger partial charge in [-0.25, -0.2) is 4.98 Å². The molecule has 1 aliphatic rings. The zero-order valence-corrected chi connectivity index (χ0v) is 18.9. The number of nitriles is 1. The molecule has 156 valence electrons. The second-order valence-electron chi connectivity index (χ2n) is 6.73. The molecule has 31 heavy (non-hydrogen) atoms. The number of thiazole rings is 1. The maximum absolute atomic E-state index is 12.6. The second-order valence-corrected chi connectivity index (χ2v) is 8.47. The van der Waals surface area contributed by atoms with E-state index < -0.39 is 0 Å². The highest BCUT2D eigenvalue weighted by atomic mass is 32.2. The number of hydrogen-bond acceptors (Lipinski definition) is 6. The van der Waals surface area contributed by atoms with Crippen molar-refractivity contribution in [3.63, 3.8) is 0 Å². The highest BCUT2D eigenvalue weighted by Crippen LogP contribution is 2.25. The number of benzene rings is 1. The fraction of sp³-hybridized carbons (Fsp3) is 0.167. The molecule has 2 amide bonds. The Labute approximate surface area is 190 Å². The van der Waals surface area contributed by atoms with E-state index >= 15 is 0 Å². The van der Waals surface area contributed by atoms with Gasteiger partial charge in [-0.3, -0.25) is 14.5 Å². The molecule has 1 aliphatic heterocycles. The van der Waals surface area contributed by atoms with Crippen LogP contribution >= 0.6 is 23.1 Å². The first-order chi connectivity index (χ1) is 15.0. The predicted octanol–water partition coefficient (Wildman–Crippen LogP) is 4.90. The van der Waals surface area contributed by atoms with Crippen LogP contribution in [-0.4, -0.2) is 34.5 Å². The van der Waals surface area contributed by atoms with Crippen molar-refractivity contribution in [3.05, 3.63) is 81.9 Å². The molecule has 0 spiro atoms. The van der Waals surface area contributed by atoms with Crippen LogP contribution in [0.4, 0.5) is 0 Å². The molecule has 0 saturated heterocycles. The van der Waals surface area contributed by atoms with E-state index in [9.17, 15) is 14.9 Å². The van der Waals surface area contributed by atoms with Crippen LogP contribution in [0.1, 0.15) is 23.2 Å². The third-order valence-electron chi connectivity index (χ3n) is 4.77. The fourth-order valence-corrected chi connectivity index (χ4v) is 4.29. The van der Waals surface area contributed by atoms with Gasteiger partial charge in [0.25, 0.3) is 11.8 Å². The molecule has 0 fully saturated rings. The van der Waals surface area contributed by atoms with Crippen LogP contribution in [0.5, 0.6) is 0 Å². The summed E-state index contributed by atoms with van der Waals surface area (Å²) in [5.41, 5.74) is 2.99. The number of rotatable bonds is 8. The van der Waals surface area contributed by atoms with Gasteiger partial charge in [-0.2, -0.15) is 5.26 Å². The van der Waals surface area contributed by atoms with E-state index in [0.29, 0.717) is 28.1 Å². The van der Waals surface area contributed by atoms with Gasteiger partial charge in [0, 0.05) is 34.4 Å². The molecule has 5 nitrogen and oxygen atoms in total. The summed E-state index contributed by atoms with van der Waals surface area (Å²) in [6, 6.07) is 10.2. The highest BCUT2D eigenvalue weighted by molar-refractivity contribution is 7.98. The van der Waals surface area contributed by atoms with Gasteiger partial charge in [0.05, 0.1) is 11.3 Å². The monoisotopic (exact) mass is 447 g/mol. The predicted molar refractivity (Wildman–Crippen MR) is 126 cm³/mol. The highest BCUT2D eigenvalue weighted by Gasteiger charge is 2.34. The van der Waals surface area contributed by atoms with Gasteiger partial charge in [0.2, 0.25) is 0 Å². The van der Waals surface area contributed by atoms with Crippen molar-refractivity contribution in [2.24, 2.45) is 0 Å². The Kier molecular flexibility index (Phi) is 7.40. The van der Waals surface area contributed by atoms with E-state index in [2.05, 4.69) is 17.6 Å². The molecule has 0 saturated carbocycles. The molecular weight excluding hydrogens is 426 g/mol. The van der Waals surface area contributed by atoms with Crippen LogP contribution in [0.15, 0.2) is 70.5 Å². The number of allylic oxidation sites excluding steroid dienone is 3. The number of hydrogen-bond donors (Lipinski definition) is 0. The molecule has 7 heteroatoms. The second kappa shape index (κ2) is 10.2. The summed E-state index contributed by atoms with van der Waals surface area (Å²) >= 11 is 3.04. The van der Waals surface area contributed by atoms with Crippen molar-refractivity contribution in [2.45, 2.75) is 18.2 Å². The molecule has 0 radical (unpaired) electrons. The zero-order chi connectivity index (χ0) is 22.4. The molecule has 0 N–H and O–H groups in total. The van der Waals surface area contributed by atoms with Gasteiger partial charge >= 0.3 is 0 Å². The molecule has 2 heterocycles. The van der Waals surface area contributed by atoms with Gasteiger partial charge in [-0.05, 0) is 43.0 Å². The lowest BCUT2D eigenvalue weighted by molar-refractivity contribution is -0.137. The van der Waals surface area contributed by atoms with E-state index in [1.165, 1.54) is 16.2 Å². The topological polar surface area (TPSA) is 74.1 Å². The number of aromatic nitrogens is 1. The first-order valence-electron chi connectivity index (χ1n) is 9.55. The molecule has 1 aromatic carbocycles. The van der Waals surface area contributed by atoms with E-state index in [4.69, 9.17) is 0 Å². The van der Waals surface area contributed by atoms with Crippen molar-refractivity contribution >= 4 is 46.6 Å². The summed E-state index contributed by atoms with van der Waals surface area (Å²) in [5.74, 6) is -0.585. The molecule has 1 aromatic heterocycles. The Balaban J connectivity index is 1.70. The van der Waals surface area contributed by atoms with Crippen LogP contribution in [0, 0.1) is 11.3 Å². The summed E-state index contributed by atoms with van der Waals surface area (Å²) in [7, 11) is 0. The van der Waals surface area contributed by atoms with Crippen LogP contribution < -0.4 is 0 Å². The van der Waals surface area contributed by atoms with Crippen LogP contribution in [0.3, 0.4) is 0 Å². The van der Waals surface area contributed by atoms with Crippen LogP contribution in [0.2, 0.25) is 0 Å². The third-order valence-corrected chi connectivity index (χ3v) is 6.43. The maximum Gasteiger partial charge on any atom is 0.261 e. The largest absolute Gasteiger partial charge is 0.274 e. The SMILES string of the molecule is C=C/C=C\C1=C(C)C(=O)N(CCc2csc(/C(C#N)=C\c3ccc(SC)cc3)n2)C1=O. The number of carbonyl (C=O) groups excluding carboxylic acids is 2. The summed E-state index contributed by atoms with van der Waals surface area (Å²) in [6.07, 6.45) is 9.08. The molecule has 2 aromatic rings. The van der Waals surface area contributed by atoms with Crippen LogP contribution in [0.25, 0.3) is 11.6 Å². The van der Waals surface area contributed by atoms with E-state index in [1.54, 1.807) is 36.9 Å². The number of amides is 2. The van der Waals surface area contributed by atoms with E-state index in [1.807, 2.05) is 42.0 Å². The first kappa shape index (κ1) is 22.5. The zero-order valence-electron chi connectivity index (χ0n) is 17.3. The summed E-state index contributed by atoms with van der Waals surface area (Å²) in [6.45, 7) is 5.48. The molecular formula is C24H21N3O2S2.